The van der Waals surface area contributed by atoms with E-state index >= 15 is 0 Å². The van der Waals surface area contributed by atoms with E-state index in [1.807, 2.05) is 25.1 Å². The molecule has 1 aromatic heterocycles. The van der Waals surface area contributed by atoms with Crippen molar-refractivity contribution in [2.75, 3.05) is 5.32 Å². The number of halogens is 2. The third-order valence-corrected chi connectivity index (χ3v) is 3.37. The molecule has 1 N–H and O–H groups in total. The van der Waals surface area contributed by atoms with Crippen molar-refractivity contribution >= 4 is 33.2 Å². The molecule has 1 heterocycles. The summed E-state index contributed by atoms with van der Waals surface area (Å²) in [5, 5.41) is 4.05. The molecule has 0 radical (unpaired) electrons. The molecule has 0 atom stereocenters. The van der Waals surface area contributed by atoms with E-state index in [9.17, 15) is 0 Å². The number of rotatable bonds is 3. The van der Waals surface area contributed by atoms with Crippen LogP contribution < -0.4 is 5.32 Å². The second-order valence-electron chi connectivity index (χ2n) is 3.57. The number of anilines is 1. The summed E-state index contributed by atoms with van der Waals surface area (Å²) in [4.78, 5) is 0. The van der Waals surface area contributed by atoms with E-state index in [1.165, 1.54) is 0 Å². The SMILES string of the molecule is Cc1cc(Br)c(NCc2ccoc2)cc1Cl. The van der Waals surface area contributed by atoms with E-state index in [0.29, 0.717) is 6.54 Å². The van der Waals surface area contributed by atoms with Gasteiger partial charge in [-0.3, -0.25) is 0 Å². The van der Waals surface area contributed by atoms with Gasteiger partial charge in [-0.25, -0.2) is 0 Å². The average molecular weight is 301 g/mol. The van der Waals surface area contributed by atoms with Crippen LogP contribution in [0.3, 0.4) is 0 Å². The Morgan fingerprint density at radius 3 is 2.94 bits per heavy atom. The van der Waals surface area contributed by atoms with Crippen LogP contribution in [0.25, 0.3) is 0 Å². The second-order valence-corrected chi connectivity index (χ2v) is 4.83. The fourth-order valence-corrected chi connectivity index (χ4v) is 2.13. The molecular formula is C12H11BrClNO. The standard InChI is InChI=1S/C12H11BrClNO/c1-8-4-10(13)12(5-11(8)14)15-6-9-2-3-16-7-9/h2-5,7,15H,6H2,1H3. The van der Waals surface area contributed by atoms with E-state index in [2.05, 4.69) is 21.2 Å². The highest BCUT2D eigenvalue weighted by Crippen LogP contribution is 2.29. The van der Waals surface area contributed by atoms with Crippen LogP contribution >= 0.6 is 27.5 Å². The second kappa shape index (κ2) is 4.93. The van der Waals surface area contributed by atoms with Gasteiger partial charge in [0.2, 0.25) is 0 Å². The molecule has 1 aromatic carbocycles. The minimum Gasteiger partial charge on any atom is -0.472 e. The van der Waals surface area contributed by atoms with Crippen molar-refractivity contribution in [2.24, 2.45) is 0 Å². The van der Waals surface area contributed by atoms with Gasteiger partial charge >= 0.3 is 0 Å². The van der Waals surface area contributed by atoms with Crippen LogP contribution in [0.5, 0.6) is 0 Å². The molecule has 0 fully saturated rings. The van der Waals surface area contributed by atoms with Crippen molar-refractivity contribution in [1.29, 1.82) is 0 Å². The number of nitrogens with one attached hydrogen (secondary N) is 1. The zero-order valence-corrected chi connectivity index (χ0v) is 11.1. The molecule has 2 nitrogen and oxygen atoms in total. The predicted molar refractivity (Wildman–Crippen MR) is 69.9 cm³/mol. The maximum Gasteiger partial charge on any atom is 0.0952 e. The van der Waals surface area contributed by atoms with Gasteiger partial charge in [-0.2, -0.15) is 0 Å². The van der Waals surface area contributed by atoms with Crippen LogP contribution in [0.15, 0.2) is 39.6 Å². The van der Waals surface area contributed by atoms with Crippen molar-refractivity contribution in [1.82, 2.24) is 0 Å². The Balaban J connectivity index is 2.12. The molecule has 0 amide bonds. The summed E-state index contributed by atoms with van der Waals surface area (Å²) in [6.45, 7) is 2.70. The number of hydrogen-bond donors (Lipinski definition) is 1. The minimum atomic E-state index is 0.717. The molecule has 0 saturated carbocycles. The van der Waals surface area contributed by atoms with E-state index in [1.54, 1.807) is 12.5 Å². The van der Waals surface area contributed by atoms with Crippen molar-refractivity contribution in [3.05, 3.63) is 51.3 Å². The molecule has 0 bridgehead atoms. The quantitative estimate of drug-likeness (QED) is 0.895. The molecule has 2 aromatic rings. The smallest absolute Gasteiger partial charge is 0.0952 e. The van der Waals surface area contributed by atoms with E-state index < -0.39 is 0 Å². The lowest BCUT2D eigenvalue weighted by atomic mass is 10.2. The number of aryl methyl sites for hydroxylation is 1. The van der Waals surface area contributed by atoms with Crippen LogP contribution in [-0.4, -0.2) is 0 Å². The highest BCUT2D eigenvalue weighted by molar-refractivity contribution is 9.10. The normalized spacial score (nSPS) is 10.4. The summed E-state index contributed by atoms with van der Waals surface area (Å²) in [5.74, 6) is 0. The monoisotopic (exact) mass is 299 g/mol. The summed E-state index contributed by atoms with van der Waals surface area (Å²) in [6, 6.07) is 5.85. The average Bonchev–Trinajstić information content (AvgIpc) is 2.74. The zero-order chi connectivity index (χ0) is 11.5. The third kappa shape index (κ3) is 2.60. The third-order valence-electron chi connectivity index (χ3n) is 2.31. The molecular weight excluding hydrogens is 289 g/mol. The summed E-state index contributed by atoms with van der Waals surface area (Å²) < 4.78 is 6.01. The lowest BCUT2D eigenvalue weighted by molar-refractivity contribution is 0.564. The van der Waals surface area contributed by atoms with Gasteiger partial charge in [-0.05, 0) is 46.6 Å². The molecule has 4 heteroatoms. The van der Waals surface area contributed by atoms with Crippen molar-refractivity contribution < 1.29 is 4.42 Å². The fourth-order valence-electron chi connectivity index (χ4n) is 1.37. The highest BCUT2D eigenvalue weighted by atomic mass is 79.9. The molecule has 16 heavy (non-hydrogen) atoms. The molecule has 0 aliphatic rings. The zero-order valence-electron chi connectivity index (χ0n) is 8.76. The molecule has 0 spiro atoms. The molecule has 0 unspecified atom stereocenters. The van der Waals surface area contributed by atoms with Gasteiger partial charge in [0.05, 0.1) is 18.2 Å². The van der Waals surface area contributed by atoms with E-state index in [0.717, 1.165) is 26.3 Å². The Kier molecular flexibility index (Phi) is 3.56. The summed E-state index contributed by atoms with van der Waals surface area (Å²) in [5.41, 5.74) is 3.14. The first-order valence-corrected chi connectivity index (χ1v) is 6.04. The maximum absolute atomic E-state index is 6.07. The summed E-state index contributed by atoms with van der Waals surface area (Å²) in [7, 11) is 0. The molecule has 0 aliphatic carbocycles. The summed E-state index contributed by atoms with van der Waals surface area (Å²) >= 11 is 9.57. The first kappa shape index (κ1) is 11.6. The minimum absolute atomic E-state index is 0.717. The van der Waals surface area contributed by atoms with E-state index in [4.69, 9.17) is 16.0 Å². The van der Waals surface area contributed by atoms with Gasteiger partial charge < -0.3 is 9.73 Å². The van der Waals surface area contributed by atoms with E-state index in [-0.39, 0.29) is 0 Å². The Labute approximate surface area is 108 Å². The maximum atomic E-state index is 6.07. The first-order valence-electron chi connectivity index (χ1n) is 4.87. The first-order chi connectivity index (χ1) is 7.66. The van der Waals surface area contributed by atoms with Crippen molar-refractivity contribution in [3.8, 4) is 0 Å². The van der Waals surface area contributed by atoms with Crippen LogP contribution in [0, 0.1) is 6.92 Å². The highest BCUT2D eigenvalue weighted by Gasteiger charge is 2.04. The van der Waals surface area contributed by atoms with Gasteiger partial charge in [-0.1, -0.05) is 11.6 Å². The fraction of sp³-hybridized carbons (Fsp3) is 0.167. The van der Waals surface area contributed by atoms with Gasteiger partial charge in [0.25, 0.3) is 0 Å². The van der Waals surface area contributed by atoms with Crippen LogP contribution in [0.4, 0.5) is 5.69 Å². The summed E-state index contributed by atoms with van der Waals surface area (Å²) in [6.07, 6.45) is 3.38. The Morgan fingerprint density at radius 1 is 1.44 bits per heavy atom. The van der Waals surface area contributed by atoms with Gasteiger partial charge in [0.15, 0.2) is 0 Å². The molecule has 0 saturated heterocycles. The van der Waals surface area contributed by atoms with Crippen molar-refractivity contribution in [3.63, 3.8) is 0 Å². The number of furan rings is 1. The van der Waals surface area contributed by atoms with Gasteiger partial charge in [-0.15, -0.1) is 0 Å². The van der Waals surface area contributed by atoms with Gasteiger partial charge in [0.1, 0.15) is 0 Å². The Hall–Kier alpha value is -0.930. The van der Waals surface area contributed by atoms with Crippen LogP contribution in [-0.2, 0) is 6.54 Å². The lowest BCUT2D eigenvalue weighted by Gasteiger charge is -2.09. The van der Waals surface area contributed by atoms with Crippen molar-refractivity contribution in [2.45, 2.75) is 13.5 Å². The topological polar surface area (TPSA) is 25.2 Å². The lowest BCUT2D eigenvalue weighted by Crippen LogP contribution is -1.99. The Morgan fingerprint density at radius 2 is 2.25 bits per heavy atom. The molecule has 2 rings (SSSR count). The van der Waals surface area contributed by atoms with Crippen LogP contribution in [0.2, 0.25) is 5.02 Å². The van der Waals surface area contributed by atoms with Gasteiger partial charge in [0, 0.05) is 21.6 Å². The number of hydrogen-bond acceptors (Lipinski definition) is 2. The Bertz CT molecular complexity index is 482. The molecule has 0 aliphatic heterocycles. The number of benzene rings is 1. The largest absolute Gasteiger partial charge is 0.472 e. The predicted octanol–water partition coefficient (Wildman–Crippen LogP) is 4.62. The van der Waals surface area contributed by atoms with Crippen LogP contribution in [0.1, 0.15) is 11.1 Å². The molecule has 84 valence electrons.